The number of hydrogen-bond donors (Lipinski definition) is 1. The van der Waals surface area contributed by atoms with E-state index >= 15 is 0 Å². The van der Waals surface area contributed by atoms with Crippen molar-refractivity contribution in [3.05, 3.63) is 29.8 Å². The third-order valence-electron chi connectivity index (χ3n) is 3.18. The summed E-state index contributed by atoms with van der Waals surface area (Å²) in [4.78, 5) is 22.9. The summed E-state index contributed by atoms with van der Waals surface area (Å²) in [5.74, 6) is -5.14. The molecule has 0 aromatic heterocycles. The molecule has 0 spiro atoms. The Balaban J connectivity index is 2.53. The Morgan fingerprint density at radius 3 is 2.58 bits per heavy atom. The van der Waals surface area contributed by atoms with Crippen LogP contribution in [-0.4, -0.2) is 38.3 Å². The molecule has 2 unspecified atom stereocenters. The highest BCUT2D eigenvalue weighted by molar-refractivity contribution is 7.91. The van der Waals surface area contributed by atoms with Crippen molar-refractivity contribution in [1.82, 2.24) is 0 Å². The molecule has 0 saturated heterocycles. The van der Waals surface area contributed by atoms with Crippen LogP contribution in [0.4, 0.5) is 0 Å². The number of carbonyl (C=O) groups excluding carboxylic acids is 1. The smallest absolute Gasteiger partial charge is 0.320 e. The zero-order valence-corrected chi connectivity index (χ0v) is 10.9. The van der Waals surface area contributed by atoms with Gasteiger partial charge in [-0.2, -0.15) is 0 Å². The van der Waals surface area contributed by atoms with Gasteiger partial charge in [-0.15, -0.1) is 0 Å². The van der Waals surface area contributed by atoms with Gasteiger partial charge in [0.1, 0.15) is 0 Å². The molecular weight excluding hydrogens is 272 g/mol. The second kappa shape index (κ2) is 4.65. The first-order valence-corrected chi connectivity index (χ1v) is 7.16. The van der Waals surface area contributed by atoms with Gasteiger partial charge in [0.05, 0.1) is 17.8 Å². The van der Waals surface area contributed by atoms with Gasteiger partial charge in [-0.3, -0.25) is 9.59 Å². The molecule has 2 rings (SSSR count). The summed E-state index contributed by atoms with van der Waals surface area (Å²) < 4.78 is 28.4. The van der Waals surface area contributed by atoms with E-state index < -0.39 is 39.4 Å². The number of benzene rings is 1. The molecule has 1 aliphatic rings. The van der Waals surface area contributed by atoms with Crippen molar-refractivity contribution in [3.8, 4) is 0 Å². The molecule has 0 fully saturated rings. The molecule has 0 bridgehead atoms. The summed E-state index contributed by atoms with van der Waals surface area (Å²) in [7, 11) is -2.47. The number of carbonyl (C=O) groups is 2. The number of hydrogen-bond acceptors (Lipinski definition) is 5. The highest BCUT2D eigenvalue weighted by atomic mass is 32.2. The minimum Gasteiger partial charge on any atom is -0.481 e. The zero-order chi connectivity index (χ0) is 14.2. The van der Waals surface area contributed by atoms with Crippen LogP contribution in [0.15, 0.2) is 29.2 Å². The highest BCUT2D eigenvalue weighted by Gasteiger charge is 2.45. The molecule has 1 aliphatic heterocycles. The predicted molar refractivity (Wildman–Crippen MR) is 64.4 cm³/mol. The maximum absolute atomic E-state index is 12.0. The number of methoxy groups -OCH3 is 1. The lowest BCUT2D eigenvalue weighted by Crippen LogP contribution is -2.32. The second-order valence-corrected chi connectivity index (χ2v) is 6.27. The number of carboxylic acid groups (broad SMARTS) is 1. The normalized spacial score (nSPS) is 21.4. The van der Waals surface area contributed by atoms with Crippen LogP contribution < -0.4 is 0 Å². The van der Waals surface area contributed by atoms with Gasteiger partial charge < -0.3 is 9.84 Å². The Bertz CT molecular complexity index is 633. The van der Waals surface area contributed by atoms with E-state index in [1.54, 1.807) is 12.1 Å². The number of fused-ring (bicyclic) bond motifs is 1. The molecule has 0 amide bonds. The number of carboxylic acids is 1. The minimum atomic E-state index is -3.55. The topological polar surface area (TPSA) is 97.7 Å². The van der Waals surface area contributed by atoms with E-state index in [1.165, 1.54) is 12.1 Å². The molecule has 7 heteroatoms. The summed E-state index contributed by atoms with van der Waals surface area (Å²) in [6, 6.07) is 6.12. The molecule has 1 heterocycles. The molecule has 0 radical (unpaired) electrons. The van der Waals surface area contributed by atoms with Gasteiger partial charge in [0, 0.05) is 5.92 Å². The van der Waals surface area contributed by atoms with Crippen molar-refractivity contribution in [2.75, 3.05) is 12.9 Å². The van der Waals surface area contributed by atoms with Gasteiger partial charge in [-0.05, 0) is 11.6 Å². The van der Waals surface area contributed by atoms with Crippen molar-refractivity contribution in [2.45, 2.75) is 10.8 Å². The van der Waals surface area contributed by atoms with Crippen LogP contribution in [-0.2, 0) is 24.2 Å². The van der Waals surface area contributed by atoms with Crippen LogP contribution in [0.3, 0.4) is 0 Å². The van der Waals surface area contributed by atoms with Crippen molar-refractivity contribution < 1.29 is 27.9 Å². The van der Waals surface area contributed by atoms with E-state index in [4.69, 9.17) is 5.11 Å². The fourth-order valence-corrected chi connectivity index (χ4v) is 4.21. The fraction of sp³-hybridized carbons (Fsp3) is 0.333. The van der Waals surface area contributed by atoms with E-state index in [0.29, 0.717) is 5.56 Å². The first kappa shape index (κ1) is 13.5. The van der Waals surface area contributed by atoms with Crippen LogP contribution in [0.25, 0.3) is 0 Å². The minimum absolute atomic E-state index is 0.0927. The van der Waals surface area contributed by atoms with Crippen LogP contribution >= 0.6 is 0 Å². The van der Waals surface area contributed by atoms with E-state index in [1.807, 2.05) is 0 Å². The summed E-state index contributed by atoms with van der Waals surface area (Å²) in [5.41, 5.74) is 0.361. The third kappa shape index (κ3) is 2.21. The molecule has 1 N–H and O–H groups in total. The molecule has 1 aromatic rings. The summed E-state index contributed by atoms with van der Waals surface area (Å²) in [5, 5.41) is 9.14. The number of sulfone groups is 1. The predicted octanol–water partition coefficient (Wildman–Crippen LogP) is 0.431. The van der Waals surface area contributed by atoms with Gasteiger partial charge in [-0.25, -0.2) is 8.42 Å². The van der Waals surface area contributed by atoms with E-state index in [0.717, 1.165) is 7.11 Å². The van der Waals surface area contributed by atoms with E-state index in [2.05, 4.69) is 4.74 Å². The quantitative estimate of drug-likeness (QED) is 0.638. The lowest BCUT2D eigenvalue weighted by molar-refractivity contribution is -0.157. The summed E-state index contributed by atoms with van der Waals surface area (Å²) in [6.07, 6.45) is 0. The van der Waals surface area contributed by atoms with Crippen LogP contribution in [0, 0.1) is 5.92 Å². The lowest BCUT2D eigenvalue weighted by Gasteiger charge is -2.16. The monoisotopic (exact) mass is 284 g/mol. The first-order valence-electron chi connectivity index (χ1n) is 5.51. The van der Waals surface area contributed by atoms with Crippen LogP contribution in [0.2, 0.25) is 0 Å². The SMILES string of the molecule is COC(=O)C(C(=O)O)C1CS(=O)(=O)c2ccccc21. The standard InChI is InChI=1S/C12H12O6S/c1-18-12(15)10(11(13)14)8-6-19(16,17)9-5-3-2-4-7(8)9/h2-5,8,10H,6H2,1H3,(H,13,14). The van der Waals surface area contributed by atoms with Crippen LogP contribution in [0.1, 0.15) is 11.5 Å². The Kier molecular flexibility index (Phi) is 3.32. The molecule has 2 atom stereocenters. The number of rotatable bonds is 3. The average molecular weight is 284 g/mol. The van der Waals surface area contributed by atoms with E-state index in [-0.39, 0.29) is 4.90 Å². The van der Waals surface area contributed by atoms with Gasteiger partial charge in [0.15, 0.2) is 15.8 Å². The highest BCUT2D eigenvalue weighted by Crippen LogP contribution is 2.39. The molecule has 6 nitrogen and oxygen atoms in total. The number of aliphatic carboxylic acids is 1. The van der Waals surface area contributed by atoms with Gasteiger partial charge in [0.25, 0.3) is 0 Å². The lowest BCUT2D eigenvalue weighted by atomic mass is 9.87. The Hall–Kier alpha value is -1.89. The maximum Gasteiger partial charge on any atom is 0.320 e. The third-order valence-corrected chi connectivity index (χ3v) is 5.02. The Morgan fingerprint density at radius 2 is 2.00 bits per heavy atom. The Morgan fingerprint density at radius 1 is 1.37 bits per heavy atom. The van der Waals surface area contributed by atoms with Gasteiger partial charge >= 0.3 is 11.9 Å². The van der Waals surface area contributed by atoms with Crippen molar-refractivity contribution in [3.63, 3.8) is 0 Å². The molecule has 0 saturated carbocycles. The van der Waals surface area contributed by atoms with Crippen molar-refractivity contribution >= 4 is 21.8 Å². The largest absolute Gasteiger partial charge is 0.481 e. The number of ether oxygens (including phenoxy) is 1. The zero-order valence-electron chi connectivity index (χ0n) is 10.1. The van der Waals surface area contributed by atoms with Gasteiger partial charge in [0.2, 0.25) is 0 Å². The molecule has 19 heavy (non-hydrogen) atoms. The van der Waals surface area contributed by atoms with Crippen LogP contribution in [0.5, 0.6) is 0 Å². The molecule has 0 aliphatic carbocycles. The van der Waals surface area contributed by atoms with Crippen molar-refractivity contribution in [1.29, 1.82) is 0 Å². The molecule has 1 aromatic carbocycles. The van der Waals surface area contributed by atoms with Gasteiger partial charge in [-0.1, -0.05) is 18.2 Å². The summed E-state index contributed by atoms with van der Waals surface area (Å²) >= 11 is 0. The summed E-state index contributed by atoms with van der Waals surface area (Å²) in [6.45, 7) is 0. The fourth-order valence-electron chi connectivity index (χ4n) is 2.33. The number of esters is 1. The Labute approximate surface area is 109 Å². The molecule has 102 valence electrons. The first-order chi connectivity index (χ1) is 8.88. The second-order valence-electron chi connectivity index (χ2n) is 4.26. The average Bonchev–Trinajstić information content (AvgIpc) is 2.62. The molecular formula is C12H12O6S. The van der Waals surface area contributed by atoms with E-state index in [9.17, 15) is 18.0 Å². The van der Waals surface area contributed by atoms with Crippen molar-refractivity contribution in [2.24, 2.45) is 5.92 Å². The maximum atomic E-state index is 12.0.